The molecule has 0 spiro atoms. The fourth-order valence-corrected chi connectivity index (χ4v) is 2.15. The van der Waals surface area contributed by atoms with Crippen LogP contribution < -0.4 is 14.8 Å². The van der Waals surface area contributed by atoms with Crippen LogP contribution in [0, 0.1) is 0 Å². The Bertz CT molecular complexity index is 543. The lowest BCUT2D eigenvalue weighted by atomic mass is 10.1. The molecule has 2 amide bonds. The van der Waals surface area contributed by atoms with Crippen LogP contribution >= 0.6 is 0 Å². The monoisotopic (exact) mass is 322 g/mol. The molecule has 6 nitrogen and oxygen atoms in total. The summed E-state index contributed by atoms with van der Waals surface area (Å²) in [6, 6.07) is 5.65. The molecule has 1 N–H and O–H groups in total. The summed E-state index contributed by atoms with van der Waals surface area (Å²) in [6.45, 7) is 3.84. The number of likely N-dealkylation sites (N-methyl/N-ethyl adjacent to an activating group) is 1. The number of hydrogen-bond acceptors (Lipinski definition) is 4. The number of nitrogens with one attached hydrogen (secondary N) is 1. The van der Waals surface area contributed by atoms with Crippen molar-refractivity contribution in [2.75, 3.05) is 27.8 Å². The van der Waals surface area contributed by atoms with Crippen molar-refractivity contribution in [3.05, 3.63) is 23.8 Å². The number of methoxy groups -OCH3 is 2. The maximum absolute atomic E-state index is 12.1. The number of aryl methyl sites for hydroxylation is 1. The second-order valence-electron chi connectivity index (χ2n) is 5.66. The number of amides is 2. The maximum atomic E-state index is 12.1. The minimum absolute atomic E-state index is 0.0674. The van der Waals surface area contributed by atoms with Crippen LogP contribution in [0.3, 0.4) is 0 Å². The summed E-state index contributed by atoms with van der Waals surface area (Å²) in [6.07, 6.45) is 0.913. The highest BCUT2D eigenvalue weighted by Gasteiger charge is 2.14. The SMILES string of the molecule is COc1ccc(CCC(=O)N(C)CC(=O)NC(C)C)cc1OC. The molecular weight excluding hydrogens is 296 g/mol. The number of benzene rings is 1. The van der Waals surface area contributed by atoms with Gasteiger partial charge in [0.25, 0.3) is 0 Å². The minimum Gasteiger partial charge on any atom is -0.493 e. The summed E-state index contributed by atoms with van der Waals surface area (Å²) in [5, 5.41) is 2.77. The van der Waals surface area contributed by atoms with Gasteiger partial charge in [0.15, 0.2) is 11.5 Å². The molecule has 0 saturated carbocycles. The van der Waals surface area contributed by atoms with Gasteiger partial charge in [0.2, 0.25) is 11.8 Å². The summed E-state index contributed by atoms with van der Waals surface area (Å²) in [5.41, 5.74) is 0.982. The van der Waals surface area contributed by atoms with Gasteiger partial charge in [-0.05, 0) is 38.0 Å². The summed E-state index contributed by atoms with van der Waals surface area (Å²) >= 11 is 0. The summed E-state index contributed by atoms with van der Waals surface area (Å²) in [5.74, 6) is 1.08. The third-order valence-corrected chi connectivity index (χ3v) is 3.33. The van der Waals surface area contributed by atoms with Gasteiger partial charge < -0.3 is 19.7 Å². The number of hydrogen-bond donors (Lipinski definition) is 1. The Kier molecular flexibility index (Phi) is 7.38. The molecule has 6 heteroatoms. The molecule has 0 unspecified atom stereocenters. The van der Waals surface area contributed by atoms with Crippen LogP contribution in [0.1, 0.15) is 25.8 Å². The van der Waals surface area contributed by atoms with Gasteiger partial charge in [-0.25, -0.2) is 0 Å². The number of carbonyl (C=O) groups excluding carboxylic acids is 2. The highest BCUT2D eigenvalue weighted by atomic mass is 16.5. The topological polar surface area (TPSA) is 67.9 Å². The van der Waals surface area contributed by atoms with Crippen molar-refractivity contribution in [3.8, 4) is 11.5 Å². The first-order valence-electron chi connectivity index (χ1n) is 7.61. The van der Waals surface area contributed by atoms with Gasteiger partial charge in [-0.1, -0.05) is 6.07 Å². The predicted molar refractivity (Wildman–Crippen MR) is 88.8 cm³/mol. The van der Waals surface area contributed by atoms with Crippen LogP contribution in [-0.4, -0.2) is 50.6 Å². The van der Waals surface area contributed by atoms with E-state index in [0.717, 1.165) is 5.56 Å². The second-order valence-corrected chi connectivity index (χ2v) is 5.66. The van der Waals surface area contributed by atoms with Gasteiger partial charge in [0.1, 0.15) is 0 Å². The van der Waals surface area contributed by atoms with Gasteiger partial charge in [-0.3, -0.25) is 9.59 Å². The number of carbonyl (C=O) groups is 2. The minimum atomic E-state index is -0.151. The summed E-state index contributed by atoms with van der Waals surface area (Å²) in [7, 11) is 4.79. The van der Waals surface area contributed by atoms with Crippen molar-refractivity contribution in [1.82, 2.24) is 10.2 Å². The van der Waals surface area contributed by atoms with Crippen molar-refractivity contribution in [2.24, 2.45) is 0 Å². The molecule has 0 radical (unpaired) electrons. The zero-order valence-electron chi connectivity index (χ0n) is 14.5. The van der Waals surface area contributed by atoms with E-state index in [9.17, 15) is 9.59 Å². The average Bonchev–Trinajstić information content (AvgIpc) is 2.51. The molecule has 0 fully saturated rings. The standard InChI is InChI=1S/C17H26N2O4/c1-12(2)18-16(20)11-19(3)17(21)9-7-13-6-8-14(22-4)15(10-13)23-5/h6,8,10,12H,7,9,11H2,1-5H3,(H,18,20). The van der Waals surface area contributed by atoms with Crippen LogP contribution in [0.15, 0.2) is 18.2 Å². The lowest BCUT2D eigenvalue weighted by Gasteiger charge is -2.18. The molecule has 0 aliphatic carbocycles. The predicted octanol–water partition coefficient (Wildman–Crippen LogP) is 1.62. The van der Waals surface area contributed by atoms with Crippen molar-refractivity contribution < 1.29 is 19.1 Å². The quantitative estimate of drug-likeness (QED) is 0.790. The fraction of sp³-hybridized carbons (Fsp3) is 0.529. The molecule has 0 heterocycles. The molecule has 0 bridgehead atoms. The third-order valence-electron chi connectivity index (χ3n) is 3.33. The average molecular weight is 322 g/mol. The van der Waals surface area contributed by atoms with Crippen molar-refractivity contribution in [2.45, 2.75) is 32.7 Å². The first-order valence-corrected chi connectivity index (χ1v) is 7.61. The molecular formula is C17H26N2O4. The molecule has 0 atom stereocenters. The van der Waals surface area contributed by atoms with Gasteiger partial charge in [0, 0.05) is 19.5 Å². The van der Waals surface area contributed by atoms with Crippen LogP contribution in [0.25, 0.3) is 0 Å². The van der Waals surface area contributed by atoms with E-state index in [-0.39, 0.29) is 24.4 Å². The molecule has 0 aromatic heterocycles. The smallest absolute Gasteiger partial charge is 0.239 e. The molecule has 0 saturated heterocycles. The van der Waals surface area contributed by atoms with Crippen LogP contribution in [0.5, 0.6) is 11.5 Å². The van der Waals surface area contributed by atoms with E-state index >= 15 is 0 Å². The summed E-state index contributed by atoms with van der Waals surface area (Å²) in [4.78, 5) is 25.2. The second kappa shape index (κ2) is 9.02. The van der Waals surface area contributed by atoms with Crippen LogP contribution in [0.4, 0.5) is 0 Å². The normalized spacial score (nSPS) is 10.3. The van der Waals surface area contributed by atoms with E-state index in [1.165, 1.54) is 4.90 Å². The molecule has 1 rings (SSSR count). The number of ether oxygens (including phenoxy) is 2. The number of rotatable bonds is 8. The summed E-state index contributed by atoms with van der Waals surface area (Å²) < 4.78 is 10.4. The maximum Gasteiger partial charge on any atom is 0.239 e. The zero-order chi connectivity index (χ0) is 17.4. The highest BCUT2D eigenvalue weighted by molar-refractivity contribution is 5.84. The molecule has 23 heavy (non-hydrogen) atoms. The lowest BCUT2D eigenvalue weighted by Crippen LogP contribution is -2.40. The fourth-order valence-electron chi connectivity index (χ4n) is 2.15. The van der Waals surface area contributed by atoms with Gasteiger partial charge in [-0.15, -0.1) is 0 Å². The molecule has 128 valence electrons. The van der Waals surface area contributed by atoms with E-state index in [2.05, 4.69) is 5.32 Å². The van der Waals surface area contributed by atoms with Crippen molar-refractivity contribution in [1.29, 1.82) is 0 Å². The van der Waals surface area contributed by atoms with Gasteiger partial charge >= 0.3 is 0 Å². The largest absolute Gasteiger partial charge is 0.493 e. The molecule has 1 aromatic carbocycles. The first-order chi connectivity index (χ1) is 10.9. The molecule has 0 aliphatic rings. The van der Waals surface area contributed by atoms with Crippen molar-refractivity contribution in [3.63, 3.8) is 0 Å². The van der Waals surface area contributed by atoms with E-state index in [0.29, 0.717) is 24.3 Å². The van der Waals surface area contributed by atoms with E-state index in [1.54, 1.807) is 21.3 Å². The van der Waals surface area contributed by atoms with Gasteiger partial charge in [-0.2, -0.15) is 0 Å². The van der Waals surface area contributed by atoms with Crippen LogP contribution in [0.2, 0.25) is 0 Å². The number of nitrogens with zero attached hydrogens (tertiary/aromatic N) is 1. The third kappa shape index (κ3) is 6.18. The molecule has 1 aromatic rings. The Morgan fingerprint density at radius 3 is 2.39 bits per heavy atom. The van der Waals surface area contributed by atoms with Crippen molar-refractivity contribution >= 4 is 11.8 Å². The van der Waals surface area contributed by atoms with E-state index < -0.39 is 0 Å². The Morgan fingerprint density at radius 1 is 1.17 bits per heavy atom. The zero-order valence-corrected chi connectivity index (χ0v) is 14.5. The Labute approximate surface area is 137 Å². The first kappa shape index (κ1) is 18.8. The molecule has 0 aliphatic heterocycles. The Morgan fingerprint density at radius 2 is 1.83 bits per heavy atom. The lowest BCUT2D eigenvalue weighted by molar-refractivity contribution is -0.134. The highest BCUT2D eigenvalue weighted by Crippen LogP contribution is 2.27. The van der Waals surface area contributed by atoms with E-state index in [4.69, 9.17) is 9.47 Å². The Balaban J connectivity index is 2.54. The van der Waals surface area contributed by atoms with E-state index in [1.807, 2.05) is 32.0 Å². The Hall–Kier alpha value is -2.24. The van der Waals surface area contributed by atoms with Gasteiger partial charge in [0.05, 0.1) is 20.8 Å². The van der Waals surface area contributed by atoms with Crippen LogP contribution in [-0.2, 0) is 16.0 Å².